The zero-order valence-electron chi connectivity index (χ0n) is 19.2. The van der Waals surface area contributed by atoms with E-state index in [0.717, 1.165) is 24.0 Å². The molecule has 7 rings (SSSR count). The molecular formula is C26H18FN9O. The number of carbonyl (C=O) groups excluding carboxylic acids is 1. The van der Waals surface area contributed by atoms with Gasteiger partial charge in [-0.1, -0.05) is 6.07 Å². The molecule has 0 radical (unpaired) electrons. The lowest BCUT2D eigenvalue weighted by atomic mass is 10.1. The summed E-state index contributed by atoms with van der Waals surface area (Å²) in [6, 6.07) is 5.43. The van der Waals surface area contributed by atoms with Crippen molar-refractivity contribution in [1.29, 1.82) is 0 Å². The van der Waals surface area contributed by atoms with Crippen molar-refractivity contribution in [2.24, 2.45) is 5.92 Å². The van der Waals surface area contributed by atoms with Crippen LogP contribution in [0.3, 0.4) is 0 Å². The van der Waals surface area contributed by atoms with Gasteiger partial charge in [-0.05, 0) is 25.0 Å². The van der Waals surface area contributed by atoms with Gasteiger partial charge in [-0.3, -0.25) is 29.8 Å². The second kappa shape index (κ2) is 8.26. The van der Waals surface area contributed by atoms with E-state index in [1.807, 2.05) is 12.1 Å². The molecule has 0 aliphatic heterocycles. The van der Waals surface area contributed by atoms with Gasteiger partial charge in [-0.25, -0.2) is 9.37 Å². The molecule has 6 aromatic rings. The van der Waals surface area contributed by atoms with Gasteiger partial charge in [0.1, 0.15) is 16.9 Å². The molecule has 0 saturated heterocycles. The highest BCUT2D eigenvalue weighted by Crippen LogP contribution is 2.35. The molecule has 1 amide bonds. The maximum atomic E-state index is 16.0. The Hall–Kier alpha value is -5.06. The molecular weight excluding hydrogens is 473 g/mol. The van der Waals surface area contributed by atoms with E-state index in [1.165, 1.54) is 18.6 Å². The molecule has 11 heteroatoms. The second-order valence-corrected chi connectivity index (χ2v) is 8.92. The van der Waals surface area contributed by atoms with Gasteiger partial charge in [0, 0.05) is 47.4 Å². The largest absolute Gasteiger partial charge is 0.335 e. The van der Waals surface area contributed by atoms with E-state index in [0.29, 0.717) is 39.3 Å². The third-order valence-electron chi connectivity index (χ3n) is 6.36. The Labute approximate surface area is 208 Å². The van der Waals surface area contributed by atoms with E-state index >= 15 is 4.39 Å². The molecule has 1 fully saturated rings. The maximum absolute atomic E-state index is 16.0. The summed E-state index contributed by atoms with van der Waals surface area (Å²) in [5.41, 5.74) is 4.79. The summed E-state index contributed by atoms with van der Waals surface area (Å²) in [7, 11) is 0. The first kappa shape index (κ1) is 21.2. The Bertz CT molecular complexity index is 1810. The number of rotatable bonds is 5. The van der Waals surface area contributed by atoms with Crippen LogP contribution in [0.4, 0.5) is 10.1 Å². The van der Waals surface area contributed by atoms with Gasteiger partial charge in [0.15, 0.2) is 11.6 Å². The Morgan fingerprint density at radius 3 is 2.68 bits per heavy atom. The minimum atomic E-state index is -0.570. The standard InChI is InChI=1S/C26H18FN9O/c27-21-20-18(12-31-22(21)15-6-16(9-29-8-15)32-26(37)13-3-4-13)35-36-24(20)25-33-19-11-30-10-17(23(19)34-25)14-2-1-5-28-7-14/h1-2,5-13H,3-4H2,(H,32,37)(H,33,34)(H,35,36). The quantitative estimate of drug-likeness (QED) is 0.323. The third kappa shape index (κ3) is 3.68. The van der Waals surface area contributed by atoms with Crippen LogP contribution in [-0.4, -0.2) is 46.0 Å². The molecule has 0 unspecified atom stereocenters. The molecule has 0 spiro atoms. The van der Waals surface area contributed by atoms with E-state index in [4.69, 9.17) is 4.98 Å². The van der Waals surface area contributed by atoms with E-state index < -0.39 is 5.82 Å². The SMILES string of the molecule is O=C(Nc1cncc(-c2ncc3[nH]nc(-c4nc5c(-c6cccnc6)cncc5[nH]4)c3c2F)c1)C1CC1. The zero-order valence-corrected chi connectivity index (χ0v) is 19.2. The van der Waals surface area contributed by atoms with Crippen LogP contribution in [0.25, 0.3) is 55.8 Å². The first-order valence-electron chi connectivity index (χ1n) is 11.7. The van der Waals surface area contributed by atoms with E-state index in [9.17, 15) is 4.79 Å². The summed E-state index contributed by atoms with van der Waals surface area (Å²) in [6.07, 6.45) is 13.2. The first-order valence-corrected chi connectivity index (χ1v) is 11.7. The van der Waals surface area contributed by atoms with Crippen molar-refractivity contribution in [3.8, 4) is 33.9 Å². The topological polar surface area (TPSA) is 138 Å². The third-order valence-corrected chi connectivity index (χ3v) is 6.36. The first-order chi connectivity index (χ1) is 18.2. The fraction of sp³-hybridized carbons (Fsp3) is 0.115. The van der Waals surface area contributed by atoms with E-state index in [-0.39, 0.29) is 22.9 Å². The fourth-order valence-corrected chi connectivity index (χ4v) is 4.35. The van der Waals surface area contributed by atoms with Crippen LogP contribution in [0.15, 0.2) is 61.6 Å². The van der Waals surface area contributed by atoms with Crippen molar-refractivity contribution in [2.75, 3.05) is 5.32 Å². The lowest BCUT2D eigenvalue weighted by Gasteiger charge is -2.07. The van der Waals surface area contributed by atoms with Crippen LogP contribution in [-0.2, 0) is 4.79 Å². The number of H-pyrrole nitrogens is 2. The van der Waals surface area contributed by atoms with Crippen LogP contribution in [0.2, 0.25) is 0 Å². The molecule has 1 aliphatic carbocycles. The monoisotopic (exact) mass is 491 g/mol. The number of carbonyl (C=O) groups is 1. The summed E-state index contributed by atoms with van der Waals surface area (Å²) in [5.74, 6) is -0.190. The van der Waals surface area contributed by atoms with Gasteiger partial charge in [0.2, 0.25) is 5.91 Å². The van der Waals surface area contributed by atoms with Crippen molar-refractivity contribution < 1.29 is 9.18 Å². The van der Waals surface area contributed by atoms with Crippen LogP contribution >= 0.6 is 0 Å². The number of fused-ring (bicyclic) bond motifs is 2. The molecule has 6 aromatic heterocycles. The summed E-state index contributed by atoms with van der Waals surface area (Å²) in [6.45, 7) is 0. The number of amides is 1. The van der Waals surface area contributed by atoms with E-state index in [1.54, 1.807) is 30.9 Å². The number of halogens is 1. The van der Waals surface area contributed by atoms with Crippen molar-refractivity contribution in [2.45, 2.75) is 12.8 Å². The zero-order chi connectivity index (χ0) is 24.9. The Morgan fingerprint density at radius 2 is 1.84 bits per heavy atom. The summed E-state index contributed by atoms with van der Waals surface area (Å²) in [4.78, 5) is 37.1. The normalized spacial score (nSPS) is 13.3. The number of nitrogens with zero attached hydrogens (tertiary/aromatic N) is 6. The Balaban J connectivity index is 1.32. The fourth-order valence-electron chi connectivity index (χ4n) is 4.35. The maximum Gasteiger partial charge on any atom is 0.227 e. The number of pyridine rings is 4. The van der Waals surface area contributed by atoms with Crippen molar-refractivity contribution in [1.82, 2.24) is 40.1 Å². The van der Waals surface area contributed by atoms with Crippen LogP contribution in [0.5, 0.6) is 0 Å². The molecule has 3 N–H and O–H groups in total. The predicted octanol–water partition coefficient (Wildman–Crippen LogP) is 4.51. The molecule has 0 atom stereocenters. The molecule has 1 saturated carbocycles. The lowest BCUT2D eigenvalue weighted by Crippen LogP contribution is -2.13. The summed E-state index contributed by atoms with van der Waals surface area (Å²) < 4.78 is 16.0. The van der Waals surface area contributed by atoms with Crippen molar-refractivity contribution in [3.05, 3.63) is 67.4 Å². The average Bonchev–Trinajstić information content (AvgIpc) is 3.54. The number of imidazole rings is 1. The predicted molar refractivity (Wildman–Crippen MR) is 135 cm³/mol. The molecule has 180 valence electrons. The Morgan fingerprint density at radius 1 is 0.973 bits per heavy atom. The highest BCUT2D eigenvalue weighted by molar-refractivity contribution is 5.98. The highest BCUT2D eigenvalue weighted by Gasteiger charge is 2.29. The molecule has 10 nitrogen and oxygen atoms in total. The number of nitrogens with one attached hydrogen (secondary N) is 3. The number of aromatic amines is 2. The van der Waals surface area contributed by atoms with E-state index in [2.05, 4.69) is 40.4 Å². The highest BCUT2D eigenvalue weighted by atomic mass is 19.1. The van der Waals surface area contributed by atoms with Crippen molar-refractivity contribution in [3.63, 3.8) is 0 Å². The minimum Gasteiger partial charge on any atom is -0.335 e. The molecule has 37 heavy (non-hydrogen) atoms. The van der Waals surface area contributed by atoms with Crippen LogP contribution in [0.1, 0.15) is 12.8 Å². The molecule has 0 aromatic carbocycles. The van der Waals surface area contributed by atoms with Gasteiger partial charge < -0.3 is 10.3 Å². The van der Waals surface area contributed by atoms with Crippen LogP contribution in [0, 0.1) is 11.7 Å². The summed E-state index contributed by atoms with van der Waals surface area (Å²) >= 11 is 0. The lowest BCUT2D eigenvalue weighted by molar-refractivity contribution is -0.117. The van der Waals surface area contributed by atoms with Gasteiger partial charge in [-0.2, -0.15) is 5.10 Å². The number of anilines is 1. The molecule has 6 heterocycles. The van der Waals surface area contributed by atoms with Gasteiger partial charge in [-0.15, -0.1) is 0 Å². The van der Waals surface area contributed by atoms with Crippen molar-refractivity contribution >= 4 is 33.5 Å². The average molecular weight is 491 g/mol. The van der Waals surface area contributed by atoms with Crippen LogP contribution < -0.4 is 5.32 Å². The smallest absolute Gasteiger partial charge is 0.227 e. The number of hydrogen-bond acceptors (Lipinski definition) is 7. The number of aromatic nitrogens is 8. The molecule has 1 aliphatic rings. The second-order valence-electron chi connectivity index (χ2n) is 8.92. The minimum absolute atomic E-state index is 0.0426. The van der Waals surface area contributed by atoms with Gasteiger partial charge in [0.25, 0.3) is 0 Å². The molecule has 0 bridgehead atoms. The van der Waals surface area contributed by atoms with Gasteiger partial charge >= 0.3 is 0 Å². The van der Waals surface area contributed by atoms with Gasteiger partial charge in [0.05, 0.1) is 40.7 Å². The number of hydrogen-bond donors (Lipinski definition) is 3. The summed E-state index contributed by atoms with van der Waals surface area (Å²) in [5, 5.41) is 10.3. The Kier molecular flexibility index (Phi) is 4.74.